The van der Waals surface area contributed by atoms with Crippen molar-refractivity contribution in [2.45, 2.75) is 39.7 Å². The number of carbonyl (C=O) groups is 2. The number of carbonyl (C=O) groups excluding carboxylic acids is 2. The SMILES string of the molecule is CCCC(C)NC(=O)c1ccc(-n2nc(C(=O)OCC)cc2-c2ccc(Cl)cc2Cl)cc1. The minimum atomic E-state index is -0.529. The highest BCUT2D eigenvalue weighted by molar-refractivity contribution is 6.36. The first-order valence-corrected chi connectivity index (χ1v) is 11.2. The Kier molecular flexibility index (Phi) is 7.94. The Morgan fingerprint density at radius 3 is 2.44 bits per heavy atom. The number of nitrogens with zero attached hydrogens (tertiary/aromatic N) is 2. The van der Waals surface area contributed by atoms with E-state index in [1.54, 1.807) is 60.1 Å². The van der Waals surface area contributed by atoms with Gasteiger partial charge >= 0.3 is 5.97 Å². The summed E-state index contributed by atoms with van der Waals surface area (Å²) in [5.74, 6) is -0.662. The zero-order chi connectivity index (χ0) is 23.3. The van der Waals surface area contributed by atoms with Gasteiger partial charge in [0.05, 0.1) is 23.0 Å². The van der Waals surface area contributed by atoms with Gasteiger partial charge in [-0.25, -0.2) is 9.48 Å². The largest absolute Gasteiger partial charge is 0.461 e. The van der Waals surface area contributed by atoms with Crippen molar-refractivity contribution in [2.75, 3.05) is 6.61 Å². The van der Waals surface area contributed by atoms with Crippen molar-refractivity contribution >= 4 is 35.1 Å². The third kappa shape index (κ3) is 5.50. The van der Waals surface area contributed by atoms with E-state index < -0.39 is 5.97 Å². The van der Waals surface area contributed by atoms with Gasteiger partial charge in [0.2, 0.25) is 0 Å². The second-order valence-corrected chi connectivity index (χ2v) is 8.22. The Morgan fingerprint density at radius 1 is 1.09 bits per heavy atom. The molecule has 0 spiro atoms. The number of rotatable bonds is 8. The van der Waals surface area contributed by atoms with E-state index in [0.29, 0.717) is 32.6 Å². The van der Waals surface area contributed by atoms with E-state index in [2.05, 4.69) is 17.3 Å². The average Bonchev–Trinajstić information content (AvgIpc) is 3.19. The monoisotopic (exact) mass is 473 g/mol. The lowest BCUT2D eigenvalue weighted by atomic mass is 10.1. The van der Waals surface area contributed by atoms with E-state index in [4.69, 9.17) is 27.9 Å². The van der Waals surface area contributed by atoms with Crippen LogP contribution in [0.5, 0.6) is 0 Å². The first kappa shape index (κ1) is 23.8. The summed E-state index contributed by atoms with van der Waals surface area (Å²) in [6.07, 6.45) is 1.91. The quantitative estimate of drug-likeness (QED) is 0.410. The molecule has 8 heteroatoms. The van der Waals surface area contributed by atoms with Crippen LogP contribution in [0.3, 0.4) is 0 Å². The molecule has 0 aliphatic heterocycles. The van der Waals surface area contributed by atoms with Crippen LogP contribution in [0.4, 0.5) is 0 Å². The van der Waals surface area contributed by atoms with Crippen LogP contribution < -0.4 is 5.32 Å². The molecule has 0 saturated heterocycles. The lowest BCUT2D eigenvalue weighted by molar-refractivity contribution is 0.0518. The molecule has 1 heterocycles. The molecule has 0 aliphatic carbocycles. The van der Waals surface area contributed by atoms with Gasteiger partial charge < -0.3 is 10.1 Å². The normalized spacial score (nSPS) is 11.8. The van der Waals surface area contributed by atoms with Crippen molar-refractivity contribution in [2.24, 2.45) is 0 Å². The number of hydrogen-bond donors (Lipinski definition) is 1. The van der Waals surface area contributed by atoms with E-state index >= 15 is 0 Å². The lowest BCUT2D eigenvalue weighted by Gasteiger charge is -2.13. The van der Waals surface area contributed by atoms with Crippen LogP contribution >= 0.6 is 23.2 Å². The van der Waals surface area contributed by atoms with Crippen molar-refractivity contribution in [3.63, 3.8) is 0 Å². The molecule has 0 saturated carbocycles. The maximum absolute atomic E-state index is 12.5. The molecule has 0 fully saturated rings. The summed E-state index contributed by atoms with van der Waals surface area (Å²) in [7, 11) is 0. The zero-order valence-electron chi connectivity index (χ0n) is 18.2. The van der Waals surface area contributed by atoms with Crippen molar-refractivity contribution in [1.29, 1.82) is 0 Å². The van der Waals surface area contributed by atoms with E-state index in [0.717, 1.165) is 12.8 Å². The molecule has 0 bridgehead atoms. The van der Waals surface area contributed by atoms with Gasteiger partial charge in [-0.05, 0) is 68.8 Å². The Hall–Kier alpha value is -2.83. The summed E-state index contributed by atoms with van der Waals surface area (Å²) in [6, 6.07) is 13.8. The average molecular weight is 474 g/mol. The van der Waals surface area contributed by atoms with Gasteiger partial charge in [0.15, 0.2) is 5.69 Å². The predicted molar refractivity (Wildman–Crippen MR) is 127 cm³/mol. The van der Waals surface area contributed by atoms with E-state index in [1.165, 1.54) is 0 Å². The molecule has 1 aromatic heterocycles. The summed E-state index contributed by atoms with van der Waals surface area (Å²) >= 11 is 12.5. The number of ether oxygens (including phenoxy) is 1. The van der Waals surface area contributed by atoms with Gasteiger partial charge in [0.1, 0.15) is 0 Å². The van der Waals surface area contributed by atoms with Gasteiger partial charge in [0.25, 0.3) is 5.91 Å². The maximum atomic E-state index is 12.5. The highest BCUT2D eigenvalue weighted by atomic mass is 35.5. The molecule has 3 aromatic rings. The third-order valence-electron chi connectivity index (χ3n) is 4.87. The fourth-order valence-electron chi connectivity index (χ4n) is 3.34. The summed E-state index contributed by atoms with van der Waals surface area (Å²) in [4.78, 5) is 24.8. The summed E-state index contributed by atoms with van der Waals surface area (Å²) < 4.78 is 6.70. The highest BCUT2D eigenvalue weighted by Crippen LogP contribution is 2.32. The molecule has 1 amide bonds. The molecule has 168 valence electrons. The fourth-order valence-corrected chi connectivity index (χ4v) is 3.84. The standard InChI is InChI=1S/C24H25Cl2N3O3/c1-4-6-15(3)27-23(30)16-7-10-18(11-8-16)29-22(14-21(28-29)24(31)32-5-2)19-12-9-17(25)13-20(19)26/h7-15H,4-6H2,1-3H3,(H,27,30). The van der Waals surface area contributed by atoms with Crippen LogP contribution in [-0.2, 0) is 4.74 Å². The molecular weight excluding hydrogens is 449 g/mol. The molecule has 1 atom stereocenters. The van der Waals surface area contributed by atoms with Crippen molar-refractivity contribution in [1.82, 2.24) is 15.1 Å². The Balaban J connectivity index is 1.99. The minimum Gasteiger partial charge on any atom is -0.461 e. The zero-order valence-corrected chi connectivity index (χ0v) is 19.7. The molecule has 0 radical (unpaired) electrons. The predicted octanol–water partition coefficient (Wildman–Crippen LogP) is 5.94. The number of aromatic nitrogens is 2. The van der Waals surface area contributed by atoms with Gasteiger partial charge in [-0.15, -0.1) is 0 Å². The van der Waals surface area contributed by atoms with Gasteiger partial charge in [-0.3, -0.25) is 4.79 Å². The van der Waals surface area contributed by atoms with E-state index in [1.807, 2.05) is 6.92 Å². The molecule has 2 aromatic carbocycles. The Bertz CT molecular complexity index is 1110. The Morgan fingerprint density at radius 2 is 1.81 bits per heavy atom. The second kappa shape index (κ2) is 10.7. The second-order valence-electron chi connectivity index (χ2n) is 7.38. The molecule has 1 N–H and O–H groups in total. The molecule has 32 heavy (non-hydrogen) atoms. The van der Waals surface area contributed by atoms with Gasteiger partial charge in [0, 0.05) is 22.2 Å². The molecule has 6 nitrogen and oxygen atoms in total. The van der Waals surface area contributed by atoms with E-state index in [-0.39, 0.29) is 24.2 Å². The van der Waals surface area contributed by atoms with Crippen LogP contribution in [0.15, 0.2) is 48.5 Å². The van der Waals surface area contributed by atoms with Crippen molar-refractivity contribution < 1.29 is 14.3 Å². The number of benzene rings is 2. The first-order valence-electron chi connectivity index (χ1n) is 10.5. The number of nitrogens with one attached hydrogen (secondary N) is 1. The van der Waals surface area contributed by atoms with Crippen LogP contribution in [-0.4, -0.2) is 34.3 Å². The molecular formula is C24H25Cl2N3O3. The molecule has 0 aliphatic rings. The molecule has 3 rings (SSSR count). The summed E-state index contributed by atoms with van der Waals surface area (Å²) in [5, 5.41) is 8.35. The number of amides is 1. The number of halogens is 2. The lowest BCUT2D eigenvalue weighted by Crippen LogP contribution is -2.32. The summed E-state index contributed by atoms with van der Waals surface area (Å²) in [6.45, 7) is 6.04. The van der Waals surface area contributed by atoms with Crippen LogP contribution in [0.25, 0.3) is 16.9 Å². The van der Waals surface area contributed by atoms with Crippen LogP contribution in [0.2, 0.25) is 10.0 Å². The fraction of sp³-hybridized carbons (Fsp3) is 0.292. The van der Waals surface area contributed by atoms with Gasteiger partial charge in [-0.1, -0.05) is 36.5 Å². The third-order valence-corrected chi connectivity index (χ3v) is 5.42. The topological polar surface area (TPSA) is 73.2 Å². The van der Waals surface area contributed by atoms with Crippen LogP contribution in [0, 0.1) is 0 Å². The van der Waals surface area contributed by atoms with Crippen molar-refractivity contribution in [3.8, 4) is 16.9 Å². The maximum Gasteiger partial charge on any atom is 0.358 e. The Labute approximate surface area is 197 Å². The van der Waals surface area contributed by atoms with Gasteiger partial charge in [-0.2, -0.15) is 5.10 Å². The number of esters is 1. The van der Waals surface area contributed by atoms with E-state index in [9.17, 15) is 9.59 Å². The summed E-state index contributed by atoms with van der Waals surface area (Å²) in [5.41, 5.74) is 2.63. The smallest absolute Gasteiger partial charge is 0.358 e. The minimum absolute atomic E-state index is 0.101. The van der Waals surface area contributed by atoms with Crippen LogP contribution in [0.1, 0.15) is 54.5 Å². The van der Waals surface area contributed by atoms with Crippen molar-refractivity contribution in [3.05, 3.63) is 69.8 Å². The number of hydrogen-bond acceptors (Lipinski definition) is 4. The molecule has 1 unspecified atom stereocenters. The highest BCUT2D eigenvalue weighted by Gasteiger charge is 2.20. The first-order chi connectivity index (χ1) is 15.3.